The summed E-state index contributed by atoms with van der Waals surface area (Å²) in [6, 6.07) is 15.0. The highest BCUT2D eigenvalue weighted by Gasteiger charge is 2.19. The van der Waals surface area contributed by atoms with Crippen LogP contribution in [0.1, 0.15) is 24.2 Å². The molecule has 106 valence electrons. The zero-order valence-corrected chi connectivity index (χ0v) is 12.7. The molecule has 0 aliphatic carbocycles. The second kappa shape index (κ2) is 7.09. The molecule has 0 bridgehead atoms. The maximum atomic E-state index is 6.21. The Kier molecular flexibility index (Phi) is 5.44. The fraction of sp³-hybridized carbons (Fsp3) is 0.250. The van der Waals surface area contributed by atoms with E-state index in [-0.39, 0.29) is 12.1 Å². The van der Waals surface area contributed by atoms with Gasteiger partial charge in [0, 0.05) is 21.7 Å². The molecule has 0 aromatic heterocycles. The minimum Gasteiger partial charge on any atom is -0.367 e. The summed E-state index contributed by atoms with van der Waals surface area (Å²) >= 11 is 12.2. The van der Waals surface area contributed by atoms with Crippen LogP contribution in [0.2, 0.25) is 10.0 Å². The Morgan fingerprint density at radius 1 is 1.10 bits per heavy atom. The molecule has 0 aliphatic heterocycles. The van der Waals surface area contributed by atoms with Gasteiger partial charge in [0.2, 0.25) is 0 Å². The van der Waals surface area contributed by atoms with E-state index in [2.05, 4.69) is 0 Å². The molecule has 0 saturated heterocycles. The van der Waals surface area contributed by atoms with Crippen molar-refractivity contribution in [2.45, 2.75) is 25.7 Å². The molecular formula is C16H17Cl2NO. The summed E-state index contributed by atoms with van der Waals surface area (Å²) in [5.41, 5.74) is 7.94. The van der Waals surface area contributed by atoms with E-state index in [1.165, 1.54) is 0 Å². The SMILES string of the molecule is CC(N)C(OCc1cccc(Cl)c1)c1ccccc1Cl. The molecule has 0 amide bonds. The summed E-state index contributed by atoms with van der Waals surface area (Å²) in [4.78, 5) is 0. The number of ether oxygens (including phenoxy) is 1. The van der Waals surface area contributed by atoms with Gasteiger partial charge in [0.15, 0.2) is 0 Å². The van der Waals surface area contributed by atoms with Gasteiger partial charge in [-0.25, -0.2) is 0 Å². The van der Waals surface area contributed by atoms with E-state index < -0.39 is 0 Å². The summed E-state index contributed by atoms with van der Waals surface area (Å²) in [5, 5.41) is 1.36. The third-order valence-corrected chi connectivity index (χ3v) is 3.59. The summed E-state index contributed by atoms with van der Waals surface area (Å²) in [7, 11) is 0. The predicted molar refractivity (Wildman–Crippen MR) is 84.1 cm³/mol. The van der Waals surface area contributed by atoms with Crippen LogP contribution in [-0.2, 0) is 11.3 Å². The molecule has 2 atom stereocenters. The molecule has 2 nitrogen and oxygen atoms in total. The number of rotatable bonds is 5. The monoisotopic (exact) mass is 309 g/mol. The van der Waals surface area contributed by atoms with Gasteiger partial charge in [0.1, 0.15) is 0 Å². The van der Waals surface area contributed by atoms with Gasteiger partial charge in [-0.15, -0.1) is 0 Å². The van der Waals surface area contributed by atoms with Crippen LogP contribution in [-0.4, -0.2) is 6.04 Å². The van der Waals surface area contributed by atoms with E-state index >= 15 is 0 Å². The van der Waals surface area contributed by atoms with Crippen LogP contribution in [0.3, 0.4) is 0 Å². The fourth-order valence-corrected chi connectivity index (χ4v) is 2.50. The average molecular weight is 310 g/mol. The van der Waals surface area contributed by atoms with Crippen molar-refractivity contribution in [3.05, 3.63) is 69.7 Å². The van der Waals surface area contributed by atoms with Crippen molar-refractivity contribution >= 4 is 23.2 Å². The van der Waals surface area contributed by atoms with Crippen LogP contribution in [0.25, 0.3) is 0 Å². The first-order valence-corrected chi connectivity index (χ1v) is 7.19. The van der Waals surface area contributed by atoms with Crippen molar-refractivity contribution in [2.24, 2.45) is 5.73 Å². The van der Waals surface area contributed by atoms with E-state index in [1.807, 2.05) is 55.5 Å². The lowest BCUT2D eigenvalue weighted by molar-refractivity contribution is 0.0259. The van der Waals surface area contributed by atoms with Crippen LogP contribution in [0.5, 0.6) is 0 Å². The molecule has 2 N–H and O–H groups in total. The lowest BCUT2D eigenvalue weighted by atomic mass is 10.0. The molecule has 2 unspecified atom stereocenters. The van der Waals surface area contributed by atoms with Gasteiger partial charge in [-0.05, 0) is 30.7 Å². The summed E-state index contributed by atoms with van der Waals surface area (Å²) < 4.78 is 5.94. The Hall–Kier alpha value is -1.06. The van der Waals surface area contributed by atoms with Gasteiger partial charge < -0.3 is 10.5 Å². The maximum Gasteiger partial charge on any atom is 0.0991 e. The van der Waals surface area contributed by atoms with Gasteiger partial charge in [-0.3, -0.25) is 0 Å². The first-order chi connectivity index (χ1) is 9.58. The third-order valence-electron chi connectivity index (χ3n) is 3.01. The average Bonchev–Trinajstić information content (AvgIpc) is 2.40. The minimum absolute atomic E-state index is 0.158. The van der Waals surface area contributed by atoms with Gasteiger partial charge >= 0.3 is 0 Å². The minimum atomic E-state index is -0.248. The molecule has 20 heavy (non-hydrogen) atoms. The molecule has 0 heterocycles. The van der Waals surface area contributed by atoms with Crippen molar-refractivity contribution < 1.29 is 4.74 Å². The van der Waals surface area contributed by atoms with E-state index in [9.17, 15) is 0 Å². The highest BCUT2D eigenvalue weighted by Crippen LogP contribution is 2.28. The molecule has 0 saturated carbocycles. The number of halogens is 2. The zero-order chi connectivity index (χ0) is 14.5. The lowest BCUT2D eigenvalue weighted by Crippen LogP contribution is -2.27. The lowest BCUT2D eigenvalue weighted by Gasteiger charge is -2.23. The summed E-state index contributed by atoms with van der Waals surface area (Å²) in [6.07, 6.45) is -0.248. The zero-order valence-electron chi connectivity index (χ0n) is 11.2. The van der Waals surface area contributed by atoms with Crippen LogP contribution >= 0.6 is 23.2 Å². The Morgan fingerprint density at radius 3 is 2.50 bits per heavy atom. The molecule has 0 spiro atoms. The highest BCUT2D eigenvalue weighted by molar-refractivity contribution is 6.31. The van der Waals surface area contributed by atoms with Crippen molar-refractivity contribution in [2.75, 3.05) is 0 Å². The topological polar surface area (TPSA) is 35.2 Å². The Morgan fingerprint density at radius 2 is 1.85 bits per heavy atom. The number of hydrogen-bond donors (Lipinski definition) is 1. The predicted octanol–water partition coefficient (Wildman–Crippen LogP) is 4.60. The van der Waals surface area contributed by atoms with Gasteiger partial charge in [-0.2, -0.15) is 0 Å². The van der Waals surface area contributed by atoms with Crippen LogP contribution in [0.4, 0.5) is 0 Å². The highest BCUT2D eigenvalue weighted by atomic mass is 35.5. The van der Waals surface area contributed by atoms with Crippen molar-refractivity contribution in [3.63, 3.8) is 0 Å². The molecule has 0 radical (unpaired) electrons. The molecule has 2 aromatic carbocycles. The normalized spacial score (nSPS) is 14.0. The number of hydrogen-bond acceptors (Lipinski definition) is 2. The Balaban J connectivity index is 2.13. The second-order valence-electron chi connectivity index (χ2n) is 4.74. The van der Waals surface area contributed by atoms with Gasteiger partial charge in [-0.1, -0.05) is 53.5 Å². The van der Waals surface area contributed by atoms with E-state index in [1.54, 1.807) is 0 Å². The summed E-state index contributed by atoms with van der Waals surface area (Å²) in [6.45, 7) is 2.35. The fourth-order valence-electron chi connectivity index (χ4n) is 2.04. The largest absolute Gasteiger partial charge is 0.367 e. The van der Waals surface area contributed by atoms with Crippen LogP contribution < -0.4 is 5.73 Å². The van der Waals surface area contributed by atoms with E-state index in [0.717, 1.165) is 11.1 Å². The smallest absolute Gasteiger partial charge is 0.0991 e. The maximum absolute atomic E-state index is 6.21. The standard InChI is InChI=1S/C16H17Cl2NO/c1-11(19)16(14-7-2-3-8-15(14)18)20-10-12-5-4-6-13(17)9-12/h2-9,11,16H,10,19H2,1H3. The Bertz CT molecular complexity index is 572. The third kappa shape index (κ3) is 3.97. The van der Waals surface area contributed by atoms with Crippen molar-refractivity contribution in [1.82, 2.24) is 0 Å². The van der Waals surface area contributed by atoms with Crippen LogP contribution in [0.15, 0.2) is 48.5 Å². The number of benzene rings is 2. The molecule has 2 aromatic rings. The van der Waals surface area contributed by atoms with Gasteiger partial charge in [0.05, 0.1) is 12.7 Å². The molecule has 2 rings (SSSR count). The first-order valence-electron chi connectivity index (χ1n) is 6.44. The molecule has 4 heteroatoms. The van der Waals surface area contributed by atoms with Crippen LogP contribution in [0, 0.1) is 0 Å². The van der Waals surface area contributed by atoms with E-state index in [4.69, 9.17) is 33.7 Å². The summed E-state index contributed by atoms with van der Waals surface area (Å²) in [5.74, 6) is 0. The molecule has 0 aliphatic rings. The van der Waals surface area contributed by atoms with E-state index in [0.29, 0.717) is 16.7 Å². The van der Waals surface area contributed by atoms with Gasteiger partial charge in [0.25, 0.3) is 0 Å². The molecular weight excluding hydrogens is 293 g/mol. The van der Waals surface area contributed by atoms with Crippen molar-refractivity contribution in [3.8, 4) is 0 Å². The first kappa shape index (κ1) is 15.3. The van der Waals surface area contributed by atoms with Crippen molar-refractivity contribution in [1.29, 1.82) is 0 Å². The quantitative estimate of drug-likeness (QED) is 0.876. The number of nitrogens with two attached hydrogens (primary N) is 1. The second-order valence-corrected chi connectivity index (χ2v) is 5.59. The Labute approximate surface area is 129 Å². The molecule has 0 fully saturated rings.